The van der Waals surface area contributed by atoms with Gasteiger partial charge in [-0.1, -0.05) is 78.7 Å². The van der Waals surface area contributed by atoms with Gasteiger partial charge in [0, 0.05) is 55.4 Å². The van der Waals surface area contributed by atoms with E-state index in [2.05, 4.69) is 12.7 Å². The predicted octanol–water partition coefficient (Wildman–Crippen LogP) is 10.5. The van der Waals surface area contributed by atoms with Gasteiger partial charge in [0.1, 0.15) is 41.9 Å². The maximum Gasteiger partial charge on any atom is 0.416 e. The highest BCUT2D eigenvalue weighted by Crippen LogP contribution is 2.62. The van der Waals surface area contributed by atoms with Crippen molar-refractivity contribution in [2.75, 3.05) is 26.6 Å². The second-order valence-electron chi connectivity index (χ2n) is 18.3. The van der Waals surface area contributed by atoms with Crippen LogP contribution in [0.5, 0.6) is 34.5 Å². The monoisotopic (exact) mass is 979 g/mol. The normalized spacial score (nSPS) is 21.8. The Hall–Kier alpha value is -7.53. The number of nitro benzene ring substituents is 1. The first-order chi connectivity index (χ1) is 35.2. The average Bonchev–Trinajstić information content (AvgIpc) is 3.87. The lowest BCUT2D eigenvalue weighted by molar-refractivity contribution is -0.384. The number of carbonyl (C=O) groups excluding carboxylic acids is 2. The summed E-state index contributed by atoms with van der Waals surface area (Å²) in [7, 11) is 0. The number of benzene rings is 5. The van der Waals surface area contributed by atoms with Crippen molar-refractivity contribution in [3.05, 3.63) is 172 Å². The number of hydrogen-bond donors (Lipinski definition) is 2. The minimum atomic E-state index is -1.66. The third-order valence-electron chi connectivity index (χ3n) is 13.8. The number of unbranched alkanes of at least 4 members (excludes halogenated alkanes) is 2. The molecule has 6 atom stereocenters. The van der Waals surface area contributed by atoms with Crippen LogP contribution in [0.25, 0.3) is 0 Å². The first-order valence-corrected chi connectivity index (χ1v) is 24.3. The van der Waals surface area contributed by atoms with Crippen LogP contribution in [0.1, 0.15) is 77.9 Å². The highest BCUT2D eigenvalue weighted by Gasteiger charge is 2.66. The standard InChI is InChI=1S/C56H57N3O13/c1-2-27-68-56-52(58(33-38-17-23-50-51(29-38)67-36-66-50)55(63)71-42-20-18-41(19-21-42)59(64)65)32-48(57-69-35-37-11-4-3-5-12-37)46-30-40(14-6-8-25-60)45(16-7-9-26-61)53(54(46)56)47-31-44(22-24-49(47)72-56)70-43-15-10-13-39(28-43)34-62/h2-5,10-13,15,17-24,28-31,34,40,45,52-54,60-61H,1,6-9,14,16,25-27,32-33,35-36H2/t40-,45+,52-,53+,54+,56+/m0/s1. The fourth-order valence-electron chi connectivity index (χ4n) is 10.6. The Morgan fingerprint density at radius 1 is 0.847 bits per heavy atom. The molecule has 2 aliphatic heterocycles. The van der Waals surface area contributed by atoms with Crippen LogP contribution < -0.4 is 23.7 Å². The van der Waals surface area contributed by atoms with Gasteiger partial charge in [-0.05, 0) is 109 Å². The molecule has 2 N–H and O–H groups in total. The highest BCUT2D eigenvalue weighted by molar-refractivity contribution is 6.03. The lowest BCUT2D eigenvalue weighted by Gasteiger charge is -2.59. The summed E-state index contributed by atoms with van der Waals surface area (Å²) in [5.41, 5.74) is 4.07. The van der Waals surface area contributed by atoms with Crippen molar-refractivity contribution in [3.8, 4) is 34.5 Å². The minimum Gasteiger partial charge on any atom is -0.459 e. The molecular formula is C56H57N3O13. The topological polar surface area (TPSA) is 198 Å². The van der Waals surface area contributed by atoms with Crippen LogP contribution in [0.4, 0.5) is 10.5 Å². The van der Waals surface area contributed by atoms with Crippen molar-refractivity contribution in [1.29, 1.82) is 0 Å². The van der Waals surface area contributed by atoms with Crippen LogP contribution in [0.15, 0.2) is 145 Å². The molecule has 1 saturated carbocycles. The summed E-state index contributed by atoms with van der Waals surface area (Å²) < 4.78 is 38.6. The molecule has 0 radical (unpaired) electrons. The molecule has 72 heavy (non-hydrogen) atoms. The maximum absolute atomic E-state index is 15.3. The largest absolute Gasteiger partial charge is 0.459 e. The molecule has 16 heteroatoms. The highest BCUT2D eigenvalue weighted by atomic mass is 16.7. The number of oxime groups is 1. The van der Waals surface area contributed by atoms with Gasteiger partial charge in [-0.2, -0.15) is 0 Å². The van der Waals surface area contributed by atoms with Crippen LogP contribution in [0.2, 0.25) is 0 Å². The fourth-order valence-corrected chi connectivity index (χ4v) is 10.6. The van der Waals surface area contributed by atoms with E-state index in [4.69, 9.17) is 38.4 Å². The fraction of sp³-hybridized carbons (Fsp3) is 0.339. The van der Waals surface area contributed by atoms with Gasteiger partial charge in [0.15, 0.2) is 11.5 Å². The molecule has 0 bridgehead atoms. The number of ether oxygens (including phenoxy) is 6. The molecule has 1 fully saturated rings. The summed E-state index contributed by atoms with van der Waals surface area (Å²) in [5, 5.41) is 36.7. The Morgan fingerprint density at radius 2 is 1.60 bits per heavy atom. The number of nitrogens with zero attached hydrogens (tertiary/aromatic N) is 3. The van der Waals surface area contributed by atoms with Gasteiger partial charge in [-0.25, -0.2) is 4.79 Å². The number of non-ortho nitro benzene ring substituents is 1. The number of allylic oxidation sites excluding steroid dienone is 1. The van der Waals surface area contributed by atoms with Crippen molar-refractivity contribution in [2.24, 2.45) is 22.9 Å². The molecule has 0 saturated heterocycles. The summed E-state index contributed by atoms with van der Waals surface area (Å²) in [6.45, 7) is 4.27. The van der Waals surface area contributed by atoms with Gasteiger partial charge in [-0.3, -0.25) is 19.8 Å². The zero-order chi connectivity index (χ0) is 50.0. The van der Waals surface area contributed by atoms with E-state index in [1.807, 2.05) is 48.5 Å². The van der Waals surface area contributed by atoms with Crippen molar-refractivity contribution < 1.29 is 58.0 Å². The van der Waals surface area contributed by atoms with Crippen LogP contribution in [-0.4, -0.2) is 76.6 Å². The van der Waals surface area contributed by atoms with Crippen molar-refractivity contribution in [2.45, 2.75) is 75.8 Å². The van der Waals surface area contributed by atoms with Crippen LogP contribution >= 0.6 is 0 Å². The van der Waals surface area contributed by atoms with Crippen molar-refractivity contribution in [3.63, 3.8) is 0 Å². The molecule has 5 aromatic carbocycles. The number of amides is 1. The van der Waals surface area contributed by atoms with Crippen molar-refractivity contribution >= 4 is 23.8 Å². The number of aldehydes is 1. The van der Waals surface area contributed by atoms with E-state index >= 15 is 4.79 Å². The Balaban J connectivity index is 1.25. The number of nitro groups is 1. The SMILES string of the molecule is C=CCO[C@@]12Oc3ccc(Oc4cccc(C=O)c4)cc3[C@H]3[C@H](CCCCO)[C@@H](CCCCO)C=C(C(=NOCc4ccccc4)C[C@@H]1N(Cc1ccc4c(c1)OCO4)C(=O)Oc1ccc([N+](=O)[O-])cc1)[C@H]32. The Labute approximate surface area is 417 Å². The van der Waals surface area contributed by atoms with Gasteiger partial charge in [-0.15, -0.1) is 6.58 Å². The molecule has 5 aromatic rings. The smallest absolute Gasteiger partial charge is 0.416 e. The number of aliphatic hydroxyl groups is 2. The van der Waals surface area contributed by atoms with Gasteiger partial charge in [0.05, 0.1) is 23.2 Å². The van der Waals surface area contributed by atoms with E-state index < -0.39 is 28.8 Å². The average molecular weight is 980 g/mol. The van der Waals surface area contributed by atoms with E-state index in [1.54, 1.807) is 53.4 Å². The Morgan fingerprint density at radius 3 is 2.36 bits per heavy atom. The van der Waals surface area contributed by atoms with Crippen LogP contribution in [0, 0.1) is 27.9 Å². The second kappa shape index (κ2) is 22.7. The molecule has 0 aromatic heterocycles. The summed E-state index contributed by atoms with van der Waals surface area (Å²) in [6.07, 6.45) is 7.99. The summed E-state index contributed by atoms with van der Waals surface area (Å²) >= 11 is 0. The van der Waals surface area contributed by atoms with Crippen LogP contribution in [-0.2, 0) is 22.7 Å². The van der Waals surface area contributed by atoms with Crippen LogP contribution in [0.3, 0.4) is 0 Å². The zero-order valence-electron chi connectivity index (χ0n) is 39.7. The first kappa shape index (κ1) is 49.5. The first-order valence-electron chi connectivity index (χ1n) is 24.3. The molecule has 9 rings (SSSR count). The van der Waals surface area contributed by atoms with Gasteiger partial charge >= 0.3 is 6.09 Å². The molecule has 1 amide bonds. The lowest BCUT2D eigenvalue weighted by Crippen LogP contribution is -2.70. The molecule has 0 unspecified atom stereocenters. The van der Waals surface area contributed by atoms with E-state index in [0.29, 0.717) is 71.3 Å². The zero-order valence-corrected chi connectivity index (χ0v) is 39.7. The van der Waals surface area contributed by atoms with Gasteiger partial charge in [0.25, 0.3) is 5.69 Å². The molecule has 4 aliphatic rings. The number of fused-ring (bicyclic) bond motifs is 3. The van der Waals surface area contributed by atoms with E-state index in [9.17, 15) is 25.1 Å². The predicted molar refractivity (Wildman–Crippen MR) is 265 cm³/mol. The van der Waals surface area contributed by atoms with E-state index in [0.717, 1.165) is 35.8 Å². The maximum atomic E-state index is 15.3. The number of carbonyl (C=O) groups is 2. The Bertz CT molecular complexity index is 2800. The van der Waals surface area contributed by atoms with E-state index in [-0.39, 0.29) is 75.4 Å². The molecule has 16 nitrogen and oxygen atoms in total. The quantitative estimate of drug-likeness (QED) is 0.0219. The minimum absolute atomic E-state index is 0.0119. The summed E-state index contributed by atoms with van der Waals surface area (Å²) in [4.78, 5) is 46.0. The third kappa shape index (κ3) is 10.7. The number of aliphatic hydroxyl groups excluding tert-OH is 2. The molecule has 0 spiro atoms. The van der Waals surface area contributed by atoms with Gasteiger partial charge in [0.2, 0.25) is 12.6 Å². The van der Waals surface area contributed by atoms with Crippen molar-refractivity contribution in [1.82, 2.24) is 4.90 Å². The second-order valence-corrected chi connectivity index (χ2v) is 18.3. The summed E-state index contributed by atoms with van der Waals surface area (Å²) in [5.74, 6) is -0.250. The molecule has 374 valence electrons. The molecule has 2 heterocycles. The number of hydrogen-bond acceptors (Lipinski definition) is 14. The molecular weight excluding hydrogens is 923 g/mol. The van der Waals surface area contributed by atoms with Gasteiger partial charge < -0.3 is 43.5 Å². The third-order valence-corrected chi connectivity index (χ3v) is 13.8. The summed E-state index contributed by atoms with van der Waals surface area (Å²) in [6, 6.07) is 31.9. The Kier molecular flexibility index (Phi) is 15.6. The molecule has 2 aliphatic carbocycles. The lowest BCUT2D eigenvalue weighted by atomic mass is 9.55. The van der Waals surface area contributed by atoms with E-state index in [1.165, 1.54) is 24.3 Å². The number of rotatable bonds is 22.